The van der Waals surface area contributed by atoms with Crippen molar-refractivity contribution in [2.45, 2.75) is 25.3 Å². The van der Waals surface area contributed by atoms with E-state index in [9.17, 15) is 0 Å². The molecule has 12 heavy (non-hydrogen) atoms. The molecule has 2 rings (SSSR count). The van der Waals surface area contributed by atoms with E-state index in [1.165, 1.54) is 0 Å². The molecule has 1 aromatic rings. The van der Waals surface area contributed by atoms with E-state index >= 15 is 0 Å². The summed E-state index contributed by atoms with van der Waals surface area (Å²) in [7, 11) is 0. The first-order valence-corrected chi connectivity index (χ1v) is 4.45. The largest absolute Gasteiger partial charge is 0.327 e. The van der Waals surface area contributed by atoms with Gasteiger partial charge in [-0.05, 0) is 25.0 Å². The topological polar surface area (TPSA) is 38.9 Å². The third-order valence-corrected chi connectivity index (χ3v) is 2.56. The summed E-state index contributed by atoms with van der Waals surface area (Å²) in [5, 5.41) is 0.618. The maximum Gasteiger partial charge on any atom is 0.132 e. The number of aromatic nitrogens is 1. The molecule has 1 fully saturated rings. The van der Waals surface area contributed by atoms with Crippen molar-refractivity contribution in [2.24, 2.45) is 5.73 Å². The van der Waals surface area contributed by atoms with E-state index in [0.717, 1.165) is 17.7 Å². The monoisotopic (exact) mass is 182 g/mol. The van der Waals surface area contributed by atoms with Gasteiger partial charge in [-0.25, -0.2) is 4.98 Å². The number of pyridine rings is 1. The van der Waals surface area contributed by atoms with E-state index in [4.69, 9.17) is 17.3 Å². The predicted octanol–water partition coefficient (Wildman–Crippen LogP) is 1.86. The molecule has 1 aliphatic rings. The Kier molecular flexibility index (Phi) is 1.81. The highest BCUT2D eigenvalue weighted by Crippen LogP contribution is 2.41. The summed E-state index contributed by atoms with van der Waals surface area (Å²) in [6.45, 7) is 1.93. The lowest BCUT2D eigenvalue weighted by atomic mass is 10.2. The van der Waals surface area contributed by atoms with Crippen molar-refractivity contribution in [2.75, 3.05) is 0 Å². The number of rotatable bonds is 1. The molecule has 1 aliphatic carbocycles. The first-order chi connectivity index (χ1) is 5.68. The van der Waals surface area contributed by atoms with Crippen LogP contribution in [0.25, 0.3) is 0 Å². The summed E-state index contributed by atoms with van der Waals surface area (Å²) in [6.07, 6.45) is 1.05. The first-order valence-electron chi connectivity index (χ1n) is 4.07. The van der Waals surface area contributed by atoms with Crippen LogP contribution in [0.5, 0.6) is 0 Å². The summed E-state index contributed by atoms with van der Waals surface area (Å²) < 4.78 is 0. The van der Waals surface area contributed by atoms with Crippen molar-refractivity contribution in [3.63, 3.8) is 0 Å². The van der Waals surface area contributed by atoms with Gasteiger partial charge < -0.3 is 5.73 Å². The molecule has 1 heterocycles. The van der Waals surface area contributed by atoms with Crippen LogP contribution in [-0.4, -0.2) is 11.0 Å². The zero-order valence-corrected chi connectivity index (χ0v) is 7.67. The highest BCUT2D eigenvalue weighted by Gasteiger charge is 2.36. The molecule has 1 saturated carbocycles. The van der Waals surface area contributed by atoms with Crippen molar-refractivity contribution in [3.05, 3.63) is 28.5 Å². The minimum atomic E-state index is 0.298. The highest BCUT2D eigenvalue weighted by molar-refractivity contribution is 6.30. The summed E-state index contributed by atoms with van der Waals surface area (Å²) in [4.78, 5) is 4.18. The van der Waals surface area contributed by atoms with Crippen molar-refractivity contribution >= 4 is 11.6 Å². The Morgan fingerprint density at radius 3 is 2.75 bits per heavy atom. The van der Waals surface area contributed by atoms with E-state index < -0.39 is 0 Å². The molecular weight excluding hydrogens is 172 g/mol. The van der Waals surface area contributed by atoms with Gasteiger partial charge in [0.1, 0.15) is 5.15 Å². The Balaban J connectivity index is 2.33. The number of halogens is 1. The van der Waals surface area contributed by atoms with E-state index in [0.29, 0.717) is 17.1 Å². The minimum Gasteiger partial charge on any atom is -0.327 e. The van der Waals surface area contributed by atoms with E-state index in [1.54, 1.807) is 0 Å². The lowest BCUT2D eigenvalue weighted by Gasteiger charge is -2.01. The molecule has 0 radical (unpaired) electrons. The summed E-state index contributed by atoms with van der Waals surface area (Å²) in [5.74, 6) is 0.450. The van der Waals surface area contributed by atoms with E-state index in [2.05, 4.69) is 4.98 Å². The van der Waals surface area contributed by atoms with Crippen molar-refractivity contribution in [1.29, 1.82) is 0 Å². The quantitative estimate of drug-likeness (QED) is 0.674. The summed E-state index contributed by atoms with van der Waals surface area (Å²) >= 11 is 5.96. The molecule has 0 spiro atoms. The second-order valence-electron chi connectivity index (χ2n) is 3.34. The Hall–Kier alpha value is -0.600. The molecule has 3 heteroatoms. The lowest BCUT2D eigenvalue weighted by molar-refractivity contribution is 0.976. The van der Waals surface area contributed by atoms with E-state index in [-0.39, 0.29) is 0 Å². The normalized spacial score (nSPS) is 27.2. The van der Waals surface area contributed by atoms with E-state index in [1.807, 2.05) is 19.1 Å². The molecule has 0 amide bonds. The predicted molar refractivity (Wildman–Crippen MR) is 49.3 cm³/mol. The van der Waals surface area contributed by atoms with Crippen LogP contribution in [-0.2, 0) is 0 Å². The third-order valence-electron chi connectivity index (χ3n) is 2.26. The van der Waals surface area contributed by atoms with Gasteiger partial charge in [0.15, 0.2) is 0 Å². The maximum absolute atomic E-state index is 5.96. The second kappa shape index (κ2) is 2.71. The number of nitrogens with zero attached hydrogens (tertiary/aromatic N) is 1. The van der Waals surface area contributed by atoms with Crippen LogP contribution in [0.15, 0.2) is 12.1 Å². The standard InChI is InChI=1S/C9H11ClN2/c1-5-2-3-6(9(10)12-5)7-4-8(7)11/h2-3,7-8H,4,11H2,1H3. The van der Waals surface area contributed by atoms with Crippen LogP contribution in [0, 0.1) is 6.92 Å². The van der Waals surface area contributed by atoms with Gasteiger partial charge in [0.05, 0.1) is 0 Å². The SMILES string of the molecule is Cc1ccc(C2CC2N)c(Cl)n1. The summed E-state index contributed by atoms with van der Waals surface area (Å²) in [5.41, 5.74) is 7.78. The fourth-order valence-corrected chi connectivity index (χ4v) is 1.72. The Bertz CT molecular complexity index is 311. The second-order valence-corrected chi connectivity index (χ2v) is 3.70. The van der Waals surface area contributed by atoms with Crippen LogP contribution in [0.4, 0.5) is 0 Å². The fraction of sp³-hybridized carbons (Fsp3) is 0.444. The van der Waals surface area contributed by atoms with Gasteiger partial charge in [-0.1, -0.05) is 17.7 Å². The smallest absolute Gasteiger partial charge is 0.132 e. The molecule has 2 unspecified atom stereocenters. The molecule has 0 aliphatic heterocycles. The van der Waals surface area contributed by atoms with Crippen LogP contribution >= 0.6 is 11.6 Å². The van der Waals surface area contributed by atoms with Gasteiger partial charge in [-0.2, -0.15) is 0 Å². The average Bonchev–Trinajstić information content (AvgIpc) is 2.66. The van der Waals surface area contributed by atoms with Crippen LogP contribution < -0.4 is 5.73 Å². The molecule has 64 valence electrons. The van der Waals surface area contributed by atoms with Gasteiger partial charge in [0, 0.05) is 17.7 Å². The maximum atomic E-state index is 5.96. The molecule has 2 nitrogen and oxygen atoms in total. The van der Waals surface area contributed by atoms with Crippen molar-refractivity contribution < 1.29 is 0 Å². The highest BCUT2D eigenvalue weighted by atomic mass is 35.5. The molecule has 0 aromatic carbocycles. The number of aryl methyl sites for hydroxylation is 1. The van der Waals surface area contributed by atoms with Crippen LogP contribution in [0.1, 0.15) is 23.6 Å². The van der Waals surface area contributed by atoms with Gasteiger partial charge >= 0.3 is 0 Å². The molecule has 2 N–H and O–H groups in total. The van der Waals surface area contributed by atoms with Gasteiger partial charge in [0.25, 0.3) is 0 Å². The van der Waals surface area contributed by atoms with Crippen LogP contribution in [0.2, 0.25) is 5.15 Å². The third kappa shape index (κ3) is 1.32. The average molecular weight is 183 g/mol. The van der Waals surface area contributed by atoms with Gasteiger partial charge in [-0.15, -0.1) is 0 Å². The minimum absolute atomic E-state index is 0.298. The van der Waals surface area contributed by atoms with Crippen molar-refractivity contribution in [3.8, 4) is 0 Å². The number of hydrogen-bond donors (Lipinski definition) is 1. The molecule has 1 aromatic heterocycles. The van der Waals surface area contributed by atoms with Crippen molar-refractivity contribution in [1.82, 2.24) is 4.98 Å². The molecular formula is C9H11ClN2. The molecule has 0 bridgehead atoms. The Labute approximate surface area is 76.7 Å². The Morgan fingerprint density at radius 1 is 1.58 bits per heavy atom. The van der Waals surface area contributed by atoms with Gasteiger partial charge in [0.2, 0.25) is 0 Å². The zero-order chi connectivity index (χ0) is 8.72. The number of hydrogen-bond acceptors (Lipinski definition) is 2. The lowest BCUT2D eigenvalue weighted by Crippen LogP contribution is -2.01. The van der Waals surface area contributed by atoms with Gasteiger partial charge in [-0.3, -0.25) is 0 Å². The van der Waals surface area contributed by atoms with Crippen LogP contribution in [0.3, 0.4) is 0 Å². The summed E-state index contributed by atoms with van der Waals surface area (Å²) in [6, 6.07) is 4.31. The molecule has 0 saturated heterocycles. The first kappa shape index (κ1) is 8.02. The number of nitrogens with two attached hydrogens (primary N) is 1. The Morgan fingerprint density at radius 2 is 2.25 bits per heavy atom. The molecule has 2 atom stereocenters. The zero-order valence-electron chi connectivity index (χ0n) is 6.92. The fourth-order valence-electron chi connectivity index (χ4n) is 1.38.